The molecule has 1 heterocycles. The Morgan fingerprint density at radius 1 is 1.58 bits per heavy atom. The van der Waals surface area contributed by atoms with Crippen molar-refractivity contribution in [2.24, 2.45) is 5.92 Å². The molecular formula is C13H15ClN2O2S. The van der Waals surface area contributed by atoms with Crippen LogP contribution in [-0.4, -0.2) is 24.1 Å². The van der Waals surface area contributed by atoms with Crippen molar-refractivity contribution in [2.75, 3.05) is 22.5 Å². The molecule has 4 nitrogen and oxygen atoms in total. The molecule has 1 N–H and O–H groups in total. The molecule has 0 aliphatic carbocycles. The maximum Gasteiger partial charge on any atom is 0.227 e. The maximum absolute atomic E-state index is 11.9. The van der Waals surface area contributed by atoms with Crippen LogP contribution in [0.4, 0.5) is 11.4 Å². The number of benzene rings is 1. The van der Waals surface area contributed by atoms with Crippen molar-refractivity contribution >= 4 is 47.4 Å². The summed E-state index contributed by atoms with van der Waals surface area (Å²) in [5.41, 5.74) is 1.31. The van der Waals surface area contributed by atoms with Gasteiger partial charge in [-0.05, 0) is 29.9 Å². The highest BCUT2D eigenvalue weighted by Crippen LogP contribution is 2.31. The second kappa shape index (κ2) is 5.84. The number of halogens is 1. The number of rotatable bonds is 3. The molecule has 1 aliphatic heterocycles. The van der Waals surface area contributed by atoms with Crippen LogP contribution in [0.1, 0.15) is 13.3 Å². The molecule has 1 unspecified atom stereocenters. The third-order valence-corrected chi connectivity index (χ3v) is 3.87. The minimum absolute atomic E-state index is 0.0855. The van der Waals surface area contributed by atoms with E-state index in [2.05, 4.69) is 17.9 Å². The number of nitrogens with zero attached hydrogens (tertiary/aromatic N) is 1. The molecule has 0 aromatic heterocycles. The molecule has 0 spiro atoms. The average molecular weight is 299 g/mol. The SMILES string of the molecule is CC(=O)Nc1ccc(N2CC(CS)CC2=O)cc1Cl. The molecule has 0 radical (unpaired) electrons. The van der Waals surface area contributed by atoms with Crippen molar-refractivity contribution in [3.05, 3.63) is 23.2 Å². The van der Waals surface area contributed by atoms with E-state index in [1.165, 1.54) is 6.92 Å². The van der Waals surface area contributed by atoms with Gasteiger partial charge >= 0.3 is 0 Å². The van der Waals surface area contributed by atoms with Crippen LogP contribution >= 0.6 is 24.2 Å². The fourth-order valence-electron chi connectivity index (χ4n) is 2.12. The van der Waals surface area contributed by atoms with E-state index in [-0.39, 0.29) is 17.7 Å². The normalized spacial score (nSPS) is 18.8. The smallest absolute Gasteiger partial charge is 0.227 e. The van der Waals surface area contributed by atoms with E-state index < -0.39 is 0 Å². The Morgan fingerprint density at radius 3 is 2.84 bits per heavy atom. The molecule has 2 amide bonds. The molecule has 1 saturated heterocycles. The summed E-state index contributed by atoms with van der Waals surface area (Å²) in [6, 6.07) is 5.20. The van der Waals surface area contributed by atoms with E-state index >= 15 is 0 Å². The van der Waals surface area contributed by atoms with E-state index in [4.69, 9.17) is 11.6 Å². The van der Waals surface area contributed by atoms with E-state index in [0.717, 1.165) is 5.69 Å². The quantitative estimate of drug-likeness (QED) is 0.843. The largest absolute Gasteiger partial charge is 0.325 e. The van der Waals surface area contributed by atoms with Gasteiger partial charge in [-0.2, -0.15) is 12.6 Å². The van der Waals surface area contributed by atoms with Crippen molar-refractivity contribution in [3.63, 3.8) is 0 Å². The van der Waals surface area contributed by atoms with Gasteiger partial charge in [0.2, 0.25) is 11.8 Å². The minimum Gasteiger partial charge on any atom is -0.325 e. The first-order valence-corrected chi connectivity index (χ1v) is 7.00. The monoisotopic (exact) mass is 298 g/mol. The van der Waals surface area contributed by atoms with Gasteiger partial charge in [-0.3, -0.25) is 9.59 Å². The van der Waals surface area contributed by atoms with E-state index in [1.54, 1.807) is 23.1 Å². The highest BCUT2D eigenvalue weighted by molar-refractivity contribution is 7.80. The summed E-state index contributed by atoms with van der Waals surface area (Å²) in [5, 5.41) is 3.06. The zero-order valence-corrected chi connectivity index (χ0v) is 12.2. The standard InChI is InChI=1S/C13H15ClN2O2S/c1-8(17)15-12-3-2-10(5-11(12)14)16-6-9(7-19)4-13(16)18/h2-3,5,9,19H,4,6-7H2,1H3,(H,15,17). The van der Waals surface area contributed by atoms with Gasteiger partial charge in [-0.15, -0.1) is 0 Å². The molecular weight excluding hydrogens is 284 g/mol. The maximum atomic E-state index is 11.9. The van der Waals surface area contributed by atoms with Crippen LogP contribution in [0.15, 0.2) is 18.2 Å². The van der Waals surface area contributed by atoms with Gasteiger partial charge in [0.1, 0.15) is 0 Å². The van der Waals surface area contributed by atoms with Gasteiger partial charge in [0.15, 0.2) is 0 Å². The average Bonchev–Trinajstić information content (AvgIpc) is 2.73. The highest BCUT2D eigenvalue weighted by Gasteiger charge is 2.29. The summed E-state index contributed by atoms with van der Waals surface area (Å²) < 4.78 is 0. The van der Waals surface area contributed by atoms with Gasteiger partial charge < -0.3 is 10.2 Å². The number of carbonyl (C=O) groups excluding carboxylic acids is 2. The molecule has 1 aromatic carbocycles. The second-order valence-electron chi connectivity index (χ2n) is 4.60. The zero-order chi connectivity index (χ0) is 14.0. The van der Waals surface area contributed by atoms with Crippen LogP contribution < -0.4 is 10.2 Å². The number of amides is 2. The Balaban J connectivity index is 2.20. The molecule has 0 saturated carbocycles. The van der Waals surface area contributed by atoms with Crippen molar-refractivity contribution in [2.45, 2.75) is 13.3 Å². The van der Waals surface area contributed by atoms with Gasteiger partial charge in [0.25, 0.3) is 0 Å². The third kappa shape index (κ3) is 3.22. The fraction of sp³-hybridized carbons (Fsp3) is 0.385. The summed E-state index contributed by atoms with van der Waals surface area (Å²) in [6.45, 7) is 2.09. The van der Waals surface area contributed by atoms with Crippen LogP contribution in [0.5, 0.6) is 0 Å². The van der Waals surface area contributed by atoms with Crippen LogP contribution in [-0.2, 0) is 9.59 Å². The van der Waals surface area contributed by atoms with Gasteiger partial charge in [-0.25, -0.2) is 0 Å². The molecule has 102 valence electrons. The van der Waals surface area contributed by atoms with Gasteiger partial charge in [0, 0.05) is 25.6 Å². The van der Waals surface area contributed by atoms with E-state index in [9.17, 15) is 9.59 Å². The topological polar surface area (TPSA) is 49.4 Å². The van der Waals surface area contributed by atoms with E-state index in [1.807, 2.05) is 0 Å². The number of hydrogen-bond donors (Lipinski definition) is 2. The van der Waals surface area contributed by atoms with Crippen LogP contribution in [0.25, 0.3) is 0 Å². The van der Waals surface area contributed by atoms with Crippen molar-refractivity contribution in [3.8, 4) is 0 Å². The Hall–Kier alpha value is -1.20. The lowest BCUT2D eigenvalue weighted by atomic mass is 10.1. The summed E-state index contributed by atoms with van der Waals surface area (Å²) in [4.78, 5) is 24.6. The number of hydrogen-bond acceptors (Lipinski definition) is 3. The summed E-state index contributed by atoms with van der Waals surface area (Å²) >= 11 is 10.3. The van der Waals surface area contributed by atoms with Crippen LogP contribution in [0, 0.1) is 5.92 Å². The first-order chi connectivity index (χ1) is 9.01. The van der Waals surface area contributed by atoms with Crippen molar-refractivity contribution < 1.29 is 9.59 Å². The second-order valence-corrected chi connectivity index (χ2v) is 5.37. The van der Waals surface area contributed by atoms with Gasteiger partial charge in [0.05, 0.1) is 10.7 Å². The van der Waals surface area contributed by atoms with Crippen molar-refractivity contribution in [1.82, 2.24) is 0 Å². The Morgan fingerprint density at radius 2 is 2.32 bits per heavy atom. The Labute approximate surface area is 122 Å². The molecule has 1 fully saturated rings. The van der Waals surface area contributed by atoms with Gasteiger partial charge in [-0.1, -0.05) is 11.6 Å². The van der Waals surface area contributed by atoms with Crippen LogP contribution in [0.2, 0.25) is 5.02 Å². The highest BCUT2D eigenvalue weighted by atomic mass is 35.5. The number of thiol groups is 1. The van der Waals surface area contributed by atoms with Crippen molar-refractivity contribution in [1.29, 1.82) is 0 Å². The predicted molar refractivity (Wildman–Crippen MR) is 80.1 cm³/mol. The Bertz CT molecular complexity index is 521. The lowest BCUT2D eigenvalue weighted by Gasteiger charge is -2.17. The summed E-state index contributed by atoms with van der Waals surface area (Å²) in [5.74, 6) is 0.883. The molecule has 1 atom stereocenters. The molecule has 19 heavy (non-hydrogen) atoms. The molecule has 1 aromatic rings. The number of carbonyl (C=O) groups is 2. The summed E-state index contributed by atoms with van der Waals surface area (Å²) in [6.07, 6.45) is 0.522. The minimum atomic E-state index is -0.179. The van der Waals surface area contributed by atoms with Crippen LogP contribution in [0.3, 0.4) is 0 Å². The van der Waals surface area contributed by atoms with E-state index in [0.29, 0.717) is 29.4 Å². The first kappa shape index (κ1) is 14.2. The third-order valence-electron chi connectivity index (χ3n) is 3.04. The predicted octanol–water partition coefficient (Wildman–Crippen LogP) is 2.58. The number of nitrogens with one attached hydrogen (secondary N) is 1. The molecule has 6 heteroatoms. The lowest BCUT2D eigenvalue weighted by molar-refractivity contribution is -0.117. The fourth-order valence-corrected chi connectivity index (χ4v) is 2.58. The molecule has 0 bridgehead atoms. The Kier molecular flexibility index (Phi) is 4.37. The first-order valence-electron chi connectivity index (χ1n) is 5.99. The number of anilines is 2. The zero-order valence-electron chi connectivity index (χ0n) is 10.5. The molecule has 1 aliphatic rings. The summed E-state index contributed by atoms with van der Waals surface area (Å²) in [7, 11) is 0. The molecule has 2 rings (SSSR count). The lowest BCUT2D eigenvalue weighted by Crippen LogP contribution is -2.24.